The molecule has 2 aliphatic heterocycles. The monoisotopic (exact) mass is 611 g/mol. The smallest absolute Gasteiger partial charge is 0.305 e. The first-order valence-corrected chi connectivity index (χ1v) is 15.6. The summed E-state index contributed by atoms with van der Waals surface area (Å²) in [6.45, 7) is 4.25. The molecule has 4 amide bonds. The van der Waals surface area contributed by atoms with Crippen molar-refractivity contribution in [2.75, 3.05) is 20.8 Å². The van der Waals surface area contributed by atoms with Crippen molar-refractivity contribution in [2.45, 2.75) is 95.8 Å². The van der Waals surface area contributed by atoms with E-state index in [0.717, 1.165) is 29.3 Å². The van der Waals surface area contributed by atoms with Gasteiger partial charge in [0.25, 0.3) is 0 Å². The Bertz CT molecular complexity index is 1360. The summed E-state index contributed by atoms with van der Waals surface area (Å²) in [7, 11) is 2.87. The number of unbranched alkanes of at least 4 members (excludes halogenated alkanes) is 1. The molecule has 3 heterocycles. The van der Waals surface area contributed by atoms with Crippen LogP contribution in [0.15, 0.2) is 30.5 Å². The number of aromatic nitrogens is 1. The van der Waals surface area contributed by atoms with E-state index in [1.807, 2.05) is 38.1 Å². The number of hydrogen-bond acceptors (Lipinski definition) is 7. The van der Waals surface area contributed by atoms with Crippen LogP contribution in [0.4, 0.5) is 0 Å². The van der Waals surface area contributed by atoms with E-state index in [-0.39, 0.29) is 43.0 Å². The van der Waals surface area contributed by atoms with Crippen LogP contribution in [-0.2, 0) is 35.1 Å². The van der Waals surface area contributed by atoms with Gasteiger partial charge in [0.15, 0.2) is 0 Å². The summed E-state index contributed by atoms with van der Waals surface area (Å²) in [5, 5.41) is 9.60. The predicted octanol–water partition coefficient (Wildman–Crippen LogP) is 1.87. The molecule has 0 radical (unpaired) electrons. The predicted molar refractivity (Wildman–Crippen MR) is 163 cm³/mol. The molecule has 2 saturated heterocycles. The molecule has 3 N–H and O–H groups in total. The summed E-state index contributed by atoms with van der Waals surface area (Å²) in [5.74, 6) is -2.20. The second kappa shape index (κ2) is 15.1. The van der Waals surface area contributed by atoms with Crippen LogP contribution in [0.3, 0.4) is 0 Å². The van der Waals surface area contributed by atoms with E-state index < -0.39 is 36.0 Å². The van der Waals surface area contributed by atoms with Crippen molar-refractivity contribution in [2.24, 2.45) is 5.92 Å². The van der Waals surface area contributed by atoms with Crippen LogP contribution in [0.2, 0.25) is 0 Å². The number of ether oxygens (including phenoxy) is 1. The molecule has 12 heteroatoms. The fraction of sp³-hybridized carbons (Fsp3) is 0.594. The largest absolute Gasteiger partial charge is 0.469 e. The quantitative estimate of drug-likeness (QED) is 0.274. The molecule has 2 aromatic rings. The Kier molecular flexibility index (Phi) is 11.2. The van der Waals surface area contributed by atoms with Crippen molar-refractivity contribution >= 4 is 40.5 Å². The van der Waals surface area contributed by atoms with E-state index in [1.165, 1.54) is 7.11 Å². The Morgan fingerprint density at radius 3 is 2.43 bits per heavy atom. The van der Waals surface area contributed by atoms with Gasteiger partial charge in [0.2, 0.25) is 23.6 Å². The molecule has 2 aliphatic rings. The highest BCUT2D eigenvalue weighted by atomic mass is 16.6. The van der Waals surface area contributed by atoms with Gasteiger partial charge in [0.05, 0.1) is 12.6 Å². The van der Waals surface area contributed by atoms with Gasteiger partial charge in [-0.25, -0.2) is 0 Å². The fourth-order valence-corrected chi connectivity index (χ4v) is 6.07. The molecule has 0 saturated carbocycles. The highest BCUT2D eigenvalue weighted by molar-refractivity contribution is 5.98. The molecule has 12 nitrogen and oxygen atoms in total. The van der Waals surface area contributed by atoms with E-state index >= 15 is 0 Å². The third-order valence-corrected chi connectivity index (χ3v) is 8.86. The maximum absolute atomic E-state index is 14.0. The summed E-state index contributed by atoms with van der Waals surface area (Å²) in [6, 6.07) is 4.00. The number of nitrogens with zero attached hydrogens (tertiary/aromatic N) is 2. The van der Waals surface area contributed by atoms with Gasteiger partial charge < -0.3 is 30.4 Å². The summed E-state index contributed by atoms with van der Waals surface area (Å²) >= 11 is 0. The van der Waals surface area contributed by atoms with Crippen molar-refractivity contribution in [3.8, 4) is 0 Å². The Morgan fingerprint density at radius 2 is 1.70 bits per heavy atom. The normalized spacial score (nSPS) is 23.9. The first-order chi connectivity index (χ1) is 21.2. The number of para-hydroxylation sites is 1. The molecule has 5 atom stereocenters. The number of methoxy groups -OCH3 is 1. The average Bonchev–Trinajstić information content (AvgIpc) is 3.40. The minimum absolute atomic E-state index is 0.130. The van der Waals surface area contributed by atoms with Crippen LogP contribution < -0.4 is 20.8 Å². The SMILES string of the molecule is CC[C@H](C)[C@@H]1NC(=O)[C@H](Cc2cn(OC)c3ccccc23)NC(=O)[C@H](CCCCC(=O)OC)NC(=O)[C@H]2CCCCN2C1=O. The molecule has 2 fully saturated rings. The molecular formula is C32H45N5O7. The lowest BCUT2D eigenvalue weighted by atomic mass is 9.93. The number of nitrogens with one attached hydrogen (secondary N) is 3. The molecule has 1 aromatic heterocycles. The number of piperidine rings is 1. The first-order valence-electron chi connectivity index (χ1n) is 15.6. The number of carbonyl (C=O) groups excluding carboxylic acids is 5. The van der Waals surface area contributed by atoms with Crippen molar-refractivity contribution in [1.82, 2.24) is 25.6 Å². The summed E-state index contributed by atoms with van der Waals surface area (Å²) in [4.78, 5) is 74.2. The lowest BCUT2D eigenvalue weighted by Crippen LogP contribution is -2.64. The molecular weight excluding hydrogens is 566 g/mol. The topological polar surface area (TPSA) is 148 Å². The molecule has 44 heavy (non-hydrogen) atoms. The Morgan fingerprint density at radius 1 is 0.977 bits per heavy atom. The third kappa shape index (κ3) is 7.51. The van der Waals surface area contributed by atoms with Gasteiger partial charge in [0, 0.05) is 31.0 Å². The van der Waals surface area contributed by atoms with Gasteiger partial charge in [-0.05, 0) is 49.7 Å². The molecule has 4 rings (SSSR count). The fourth-order valence-electron chi connectivity index (χ4n) is 6.07. The zero-order valence-electron chi connectivity index (χ0n) is 26.1. The van der Waals surface area contributed by atoms with Gasteiger partial charge in [0.1, 0.15) is 31.3 Å². The molecule has 0 spiro atoms. The van der Waals surface area contributed by atoms with Gasteiger partial charge in [-0.2, -0.15) is 4.73 Å². The van der Waals surface area contributed by atoms with Crippen LogP contribution in [0, 0.1) is 5.92 Å². The van der Waals surface area contributed by atoms with Gasteiger partial charge >= 0.3 is 5.97 Å². The van der Waals surface area contributed by atoms with Gasteiger partial charge in [-0.3, -0.25) is 24.0 Å². The maximum Gasteiger partial charge on any atom is 0.305 e. The minimum atomic E-state index is -1.04. The zero-order valence-corrected chi connectivity index (χ0v) is 26.1. The van der Waals surface area contributed by atoms with E-state index in [1.54, 1.807) is 22.9 Å². The Balaban J connectivity index is 1.69. The summed E-state index contributed by atoms with van der Waals surface area (Å²) < 4.78 is 6.32. The molecule has 240 valence electrons. The molecule has 1 aromatic carbocycles. The Hall–Kier alpha value is -4.09. The summed E-state index contributed by atoms with van der Waals surface area (Å²) in [6.07, 6.45) is 5.92. The van der Waals surface area contributed by atoms with E-state index in [4.69, 9.17) is 9.57 Å². The molecule has 0 aliphatic carbocycles. The highest BCUT2D eigenvalue weighted by Gasteiger charge is 2.40. The molecule has 0 bridgehead atoms. The number of esters is 1. The maximum atomic E-state index is 14.0. The van der Waals surface area contributed by atoms with E-state index in [2.05, 4.69) is 16.0 Å². The Labute approximate surface area is 258 Å². The summed E-state index contributed by atoms with van der Waals surface area (Å²) in [5.41, 5.74) is 1.58. The number of fused-ring (bicyclic) bond motifs is 2. The van der Waals surface area contributed by atoms with Crippen LogP contribution in [0.5, 0.6) is 0 Å². The van der Waals surface area contributed by atoms with E-state index in [9.17, 15) is 24.0 Å². The van der Waals surface area contributed by atoms with Crippen molar-refractivity contribution < 1.29 is 33.5 Å². The standard InChI is InChI=1S/C32H45N5O7/c1-5-20(2)28-32(42)36-17-11-10-15-26(36)31(41)33-23(13-7-9-16-27(38)43-3)29(39)34-24(30(40)35-28)18-21-19-37(44-4)25-14-8-6-12-22(21)25/h6,8,12,14,19-20,23-24,26,28H,5,7,9-11,13,15-18H2,1-4H3,(H,33,41)(H,34,39)(H,35,40)/t20-,23-,24-,26+,28-/m0/s1. The molecule has 0 unspecified atom stereocenters. The number of rotatable bonds is 10. The zero-order chi connectivity index (χ0) is 31.8. The minimum Gasteiger partial charge on any atom is -0.469 e. The lowest BCUT2D eigenvalue weighted by molar-refractivity contribution is -0.147. The van der Waals surface area contributed by atoms with Gasteiger partial charge in [-0.1, -0.05) is 44.9 Å². The number of amides is 4. The van der Waals surface area contributed by atoms with Gasteiger partial charge in [-0.15, -0.1) is 0 Å². The van der Waals surface area contributed by atoms with Crippen molar-refractivity contribution in [3.63, 3.8) is 0 Å². The number of benzene rings is 1. The van der Waals surface area contributed by atoms with Crippen LogP contribution in [0.25, 0.3) is 10.9 Å². The number of carbonyl (C=O) groups is 5. The highest BCUT2D eigenvalue weighted by Crippen LogP contribution is 2.24. The second-order valence-corrected chi connectivity index (χ2v) is 11.7. The lowest BCUT2D eigenvalue weighted by Gasteiger charge is -2.39. The third-order valence-electron chi connectivity index (χ3n) is 8.86. The average molecular weight is 612 g/mol. The van der Waals surface area contributed by atoms with Crippen LogP contribution in [-0.4, -0.2) is 84.2 Å². The number of hydrogen-bond donors (Lipinski definition) is 3. The second-order valence-electron chi connectivity index (χ2n) is 11.7. The van der Waals surface area contributed by atoms with Crippen LogP contribution in [0.1, 0.15) is 70.8 Å². The van der Waals surface area contributed by atoms with E-state index in [0.29, 0.717) is 32.2 Å². The first kappa shape index (κ1) is 32.8. The van der Waals surface area contributed by atoms with Crippen molar-refractivity contribution in [3.05, 3.63) is 36.0 Å². The van der Waals surface area contributed by atoms with Crippen LogP contribution >= 0.6 is 0 Å². The van der Waals surface area contributed by atoms with Crippen molar-refractivity contribution in [1.29, 1.82) is 0 Å².